The normalized spacial score (nSPS) is 10.8. The number of methoxy groups -OCH3 is 4. The molecule has 0 spiro atoms. The van der Waals surface area contributed by atoms with E-state index in [1.165, 1.54) is 14.2 Å². The van der Waals surface area contributed by atoms with Crippen molar-refractivity contribution in [2.45, 2.75) is 6.42 Å². The Labute approximate surface area is 216 Å². The van der Waals surface area contributed by atoms with E-state index in [-0.39, 0.29) is 17.0 Å². The zero-order valence-corrected chi connectivity index (χ0v) is 21.2. The minimum atomic E-state index is -1.19. The summed E-state index contributed by atoms with van der Waals surface area (Å²) >= 11 is 6.01. The number of anilines is 1. The van der Waals surface area contributed by atoms with Gasteiger partial charge in [-0.15, -0.1) is 0 Å². The molecule has 0 fully saturated rings. The first-order valence-electron chi connectivity index (χ1n) is 11.0. The van der Waals surface area contributed by atoms with E-state index in [0.717, 1.165) is 22.9 Å². The van der Waals surface area contributed by atoms with E-state index >= 15 is 0 Å². The second-order valence-electron chi connectivity index (χ2n) is 7.93. The average molecular weight is 529 g/mol. The Hall–Kier alpha value is -4.11. The molecule has 0 bridgehead atoms. The van der Waals surface area contributed by atoms with E-state index in [4.69, 9.17) is 30.5 Å². The van der Waals surface area contributed by atoms with Gasteiger partial charge in [0.05, 0.1) is 44.7 Å². The van der Waals surface area contributed by atoms with Crippen molar-refractivity contribution in [2.24, 2.45) is 0 Å². The molecule has 1 amide bonds. The second-order valence-corrected chi connectivity index (χ2v) is 8.33. The van der Waals surface area contributed by atoms with Gasteiger partial charge in [-0.1, -0.05) is 11.6 Å². The van der Waals surface area contributed by atoms with Crippen molar-refractivity contribution in [3.05, 3.63) is 82.1 Å². The lowest BCUT2D eigenvalue weighted by atomic mass is 10.0. The Morgan fingerprint density at radius 1 is 0.865 bits per heavy atom. The van der Waals surface area contributed by atoms with Gasteiger partial charge in [0.1, 0.15) is 0 Å². The van der Waals surface area contributed by atoms with Crippen LogP contribution < -0.4 is 24.3 Å². The third-order valence-electron chi connectivity index (χ3n) is 5.82. The van der Waals surface area contributed by atoms with Crippen LogP contribution in [0, 0.1) is 11.6 Å². The highest BCUT2D eigenvalue weighted by Crippen LogP contribution is 2.37. The number of benzene rings is 3. The van der Waals surface area contributed by atoms with Gasteiger partial charge in [0.2, 0.25) is 0 Å². The lowest BCUT2D eigenvalue weighted by Crippen LogP contribution is -2.15. The van der Waals surface area contributed by atoms with Crippen LogP contribution in [-0.2, 0) is 6.42 Å². The minimum Gasteiger partial charge on any atom is -0.493 e. The predicted octanol–water partition coefficient (Wildman–Crippen LogP) is 6.04. The van der Waals surface area contributed by atoms with Gasteiger partial charge in [0.15, 0.2) is 34.6 Å². The summed E-state index contributed by atoms with van der Waals surface area (Å²) in [5.74, 6) is -1.16. The maximum atomic E-state index is 13.8. The SMILES string of the molecule is COc1cc(Cc2nccc3cc(OC)c(OC)cc23)c(NC(=O)c2cc(F)c(F)cc2Cl)cc1OC. The average Bonchev–Trinajstić information content (AvgIpc) is 2.90. The molecular weight excluding hydrogens is 506 g/mol. The van der Waals surface area contributed by atoms with Crippen molar-refractivity contribution in [3.8, 4) is 23.0 Å². The molecule has 1 N–H and O–H groups in total. The van der Waals surface area contributed by atoms with Crippen LogP contribution in [0.25, 0.3) is 10.8 Å². The highest BCUT2D eigenvalue weighted by molar-refractivity contribution is 6.34. The van der Waals surface area contributed by atoms with Gasteiger partial charge < -0.3 is 24.3 Å². The Bertz CT molecular complexity index is 1500. The third-order valence-corrected chi connectivity index (χ3v) is 6.13. The summed E-state index contributed by atoms with van der Waals surface area (Å²) in [5, 5.41) is 4.20. The summed E-state index contributed by atoms with van der Waals surface area (Å²) in [6.07, 6.45) is 1.94. The molecule has 4 aromatic rings. The molecular formula is C27H23ClF2N2O5. The molecule has 4 rings (SSSR count). The second kappa shape index (κ2) is 10.9. The number of fused-ring (bicyclic) bond motifs is 1. The first-order valence-corrected chi connectivity index (χ1v) is 11.4. The number of carbonyl (C=O) groups excluding carboxylic acids is 1. The molecule has 1 aromatic heterocycles. The van der Waals surface area contributed by atoms with Crippen molar-refractivity contribution in [3.63, 3.8) is 0 Å². The van der Waals surface area contributed by atoms with Crippen molar-refractivity contribution in [1.29, 1.82) is 0 Å². The molecule has 0 saturated heterocycles. The van der Waals surface area contributed by atoms with Crippen molar-refractivity contribution >= 4 is 34.0 Å². The number of ether oxygens (including phenoxy) is 4. The Morgan fingerprint density at radius 3 is 2.14 bits per heavy atom. The largest absolute Gasteiger partial charge is 0.493 e. The smallest absolute Gasteiger partial charge is 0.257 e. The molecule has 10 heteroatoms. The molecule has 0 atom stereocenters. The number of amides is 1. The third kappa shape index (κ3) is 5.22. The fourth-order valence-corrected chi connectivity index (χ4v) is 4.19. The Balaban J connectivity index is 1.80. The maximum absolute atomic E-state index is 13.8. The topological polar surface area (TPSA) is 78.9 Å². The number of nitrogens with zero attached hydrogens (tertiary/aromatic N) is 1. The maximum Gasteiger partial charge on any atom is 0.257 e. The molecule has 3 aromatic carbocycles. The lowest BCUT2D eigenvalue weighted by Gasteiger charge is -2.17. The van der Waals surface area contributed by atoms with E-state index in [9.17, 15) is 13.6 Å². The van der Waals surface area contributed by atoms with Gasteiger partial charge in [-0.05, 0) is 47.3 Å². The van der Waals surface area contributed by atoms with Crippen LogP contribution >= 0.6 is 11.6 Å². The molecule has 0 unspecified atom stereocenters. The molecule has 0 aliphatic carbocycles. The van der Waals surface area contributed by atoms with E-state index < -0.39 is 17.5 Å². The van der Waals surface area contributed by atoms with E-state index in [0.29, 0.717) is 39.9 Å². The van der Waals surface area contributed by atoms with Crippen LogP contribution in [0.2, 0.25) is 5.02 Å². The number of carbonyl (C=O) groups is 1. The lowest BCUT2D eigenvalue weighted by molar-refractivity contribution is 0.102. The first-order chi connectivity index (χ1) is 17.8. The zero-order chi connectivity index (χ0) is 26.7. The summed E-state index contributed by atoms with van der Waals surface area (Å²) in [5.41, 5.74) is 1.44. The van der Waals surface area contributed by atoms with Crippen LogP contribution in [0.4, 0.5) is 14.5 Å². The monoisotopic (exact) mass is 528 g/mol. The fraction of sp³-hybridized carbons (Fsp3) is 0.185. The van der Waals surface area contributed by atoms with Gasteiger partial charge in [-0.3, -0.25) is 9.78 Å². The minimum absolute atomic E-state index is 0.221. The molecule has 192 valence electrons. The predicted molar refractivity (Wildman–Crippen MR) is 137 cm³/mol. The van der Waals surface area contributed by atoms with Gasteiger partial charge in [0, 0.05) is 29.8 Å². The fourth-order valence-electron chi connectivity index (χ4n) is 3.95. The quantitative estimate of drug-likeness (QED) is 0.281. The number of nitrogens with one attached hydrogen (secondary N) is 1. The van der Waals surface area contributed by atoms with E-state index in [1.54, 1.807) is 32.5 Å². The Kier molecular flexibility index (Phi) is 7.63. The molecule has 0 saturated carbocycles. The molecule has 7 nitrogen and oxygen atoms in total. The van der Waals surface area contributed by atoms with Crippen molar-refractivity contribution in [2.75, 3.05) is 33.8 Å². The van der Waals surface area contributed by atoms with Crippen LogP contribution in [0.15, 0.2) is 48.7 Å². The van der Waals surface area contributed by atoms with Crippen LogP contribution in [0.1, 0.15) is 21.6 Å². The number of hydrogen-bond acceptors (Lipinski definition) is 6. The molecule has 0 aliphatic heterocycles. The molecule has 0 aliphatic rings. The van der Waals surface area contributed by atoms with Crippen molar-refractivity contribution in [1.82, 2.24) is 4.98 Å². The van der Waals surface area contributed by atoms with Crippen molar-refractivity contribution < 1.29 is 32.5 Å². The Morgan fingerprint density at radius 2 is 1.46 bits per heavy atom. The molecule has 37 heavy (non-hydrogen) atoms. The van der Waals surface area contributed by atoms with E-state index in [1.807, 2.05) is 18.2 Å². The molecule has 0 radical (unpaired) electrons. The van der Waals surface area contributed by atoms with Crippen LogP contribution in [0.5, 0.6) is 23.0 Å². The number of halogens is 3. The summed E-state index contributed by atoms with van der Waals surface area (Å²) in [6.45, 7) is 0. The summed E-state index contributed by atoms with van der Waals surface area (Å²) < 4.78 is 49.1. The highest BCUT2D eigenvalue weighted by atomic mass is 35.5. The van der Waals surface area contributed by atoms with Gasteiger partial charge >= 0.3 is 0 Å². The summed E-state index contributed by atoms with van der Waals surface area (Å²) in [7, 11) is 6.06. The first kappa shape index (κ1) is 26.0. The number of rotatable bonds is 8. The van der Waals surface area contributed by atoms with E-state index in [2.05, 4.69) is 10.3 Å². The summed E-state index contributed by atoms with van der Waals surface area (Å²) in [6, 6.07) is 10.3. The van der Waals surface area contributed by atoms with Crippen LogP contribution in [0.3, 0.4) is 0 Å². The van der Waals surface area contributed by atoms with Gasteiger partial charge in [-0.25, -0.2) is 8.78 Å². The van der Waals surface area contributed by atoms with Gasteiger partial charge in [-0.2, -0.15) is 0 Å². The van der Waals surface area contributed by atoms with Crippen LogP contribution in [-0.4, -0.2) is 39.3 Å². The zero-order valence-electron chi connectivity index (χ0n) is 20.4. The highest BCUT2D eigenvalue weighted by Gasteiger charge is 2.20. The number of pyridine rings is 1. The number of hydrogen-bond donors (Lipinski definition) is 1. The molecule has 1 heterocycles. The standard InChI is InChI=1S/C27H23ClF2N2O5/c1-34-23-8-14-5-6-31-22(16(14)11-25(23)36-3)7-15-9-24(35-2)26(37-4)13-21(15)32-27(33)17-10-19(29)20(30)12-18(17)28/h5-6,8-13H,7H2,1-4H3,(H,32,33). The van der Waals surface area contributed by atoms with Gasteiger partial charge in [0.25, 0.3) is 5.91 Å². The number of aromatic nitrogens is 1. The summed E-state index contributed by atoms with van der Waals surface area (Å²) in [4.78, 5) is 17.6.